The molecule has 1 unspecified atom stereocenters. The van der Waals surface area contributed by atoms with Crippen molar-refractivity contribution in [1.82, 2.24) is 14.9 Å². The lowest BCUT2D eigenvalue weighted by molar-refractivity contribution is 0.199. The minimum Gasteiger partial charge on any atom is -0.313 e. The number of aromatic nitrogens is 2. The first-order valence-electron chi connectivity index (χ1n) is 8.42. The fourth-order valence-corrected chi connectivity index (χ4v) is 5.52. The summed E-state index contributed by atoms with van der Waals surface area (Å²) in [6.45, 7) is 4.70. The lowest BCUT2D eigenvalue weighted by Crippen LogP contribution is -2.32. The number of fused-ring (bicyclic) bond motifs is 4. The van der Waals surface area contributed by atoms with Crippen LogP contribution in [0.15, 0.2) is 36.4 Å². The summed E-state index contributed by atoms with van der Waals surface area (Å²) < 4.78 is 2.22. The van der Waals surface area contributed by atoms with Gasteiger partial charge in [0.05, 0.1) is 31.5 Å². The molecule has 1 atom stereocenters. The molecule has 0 saturated heterocycles. The number of carbonyl (C=O) groups is 1. The minimum absolute atomic E-state index is 0.0661. The van der Waals surface area contributed by atoms with E-state index in [0.717, 1.165) is 25.4 Å². The van der Waals surface area contributed by atoms with Crippen molar-refractivity contribution in [2.45, 2.75) is 26.4 Å². The van der Waals surface area contributed by atoms with Crippen LogP contribution in [0.1, 0.15) is 29.1 Å². The topological polar surface area (TPSA) is 58.1 Å². The Kier molecular flexibility index (Phi) is 3.48. The molecule has 1 aliphatic heterocycles. The third-order valence-corrected chi connectivity index (χ3v) is 6.94. The lowest BCUT2D eigenvalue weighted by Gasteiger charge is -2.21. The highest BCUT2D eigenvalue weighted by Crippen LogP contribution is 2.37. The van der Waals surface area contributed by atoms with Crippen molar-refractivity contribution in [1.29, 1.82) is 0 Å². The van der Waals surface area contributed by atoms with Crippen molar-refractivity contribution in [3.8, 4) is 0 Å². The van der Waals surface area contributed by atoms with Crippen LogP contribution in [0, 0.1) is 6.92 Å². The fraction of sp³-hybridized carbons (Fsp3) is 0.211. The summed E-state index contributed by atoms with van der Waals surface area (Å²) in [6.07, 6.45) is 0. The van der Waals surface area contributed by atoms with Crippen LogP contribution in [-0.4, -0.2) is 20.9 Å². The molecule has 1 aliphatic rings. The Bertz CT molecular complexity index is 1160. The normalized spacial score (nSPS) is 16.4. The van der Waals surface area contributed by atoms with Crippen LogP contribution >= 0.6 is 22.7 Å². The zero-order valence-corrected chi connectivity index (χ0v) is 15.9. The molecule has 3 heterocycles. The third-order valence-electron chi connectivity index (χ3n) is 4.81. The van der Waals surface area contributed by atoms with Crippen molar-refractivity contribution >= 4 is 54.3 Å². The zero-order valence-electron chi connectivity index (χ0n) is 14.3. The number of hydrogen-bond donors (Lipinski definition) is 1. The molecule has 0 spiro atoms. The van der Waals surface area contributed by atoms with Gasteiger partial charge in [-0.15, -0.1) is 11.3 Å². The maximum absolute atomic E-state index is 12.8. The van der Waals surface area contributed by atoms with Gasteiger partial charge < -0.3 is 4.90 Å². The van der Waals surface area contributed by atoms with Gasteiger partial charge in [0.1, 0.15) is 0 Å². The Balaban J connectivity index is 1.44. The molecule has 130 valence electrons. The zero-order chi connectivity index (χ0) is 17.8. The van der Waals surface area contributed by atoms with E-state index < -0.39 is 0 Å². The van der Waals surface area contributed by atoms with Crippen LogP contribution in [-0.2, 0) is 6.54 Å². The second-order valence-corrected chi connectivity index (χ2v) is 8.65. The van der Waals surface area contributed by atoms with E-state index in [1.807, 2.05) is 36.1 Å². The fourth-order valence-electron chi connectivity index (χ4n) is 3.52. The highest BCUT2D eigenvalue weighted by molar-refractivity contribution is 7.28. The molecule has 7 heteroatoms. The molecule has 0 bridgehead atoms. The van der Waals surface area contributed by atoms with E-state index in [1.54, 1.807) is 11.3 Å². The number of amides is 2. The van der Waals surface area contributed by atoms with Crippen molar-refractivity contribution in [2.75, 3.05) is 5.32 Å². The number of urea groups is 1. The van der Waals surface area contributed by atoms with Gasteiger partial charge in [-0.05, 0) is 37.1 Å². The number of nitrogens with zero attached hydrogens (tertiary/aromatic N) is 3. The van der Waals surface area contributed by atoms with E-state index in [1.165, 1.54) is 22.5 Å². The van der Waals surface area contributed by atoms with E-state index >= 15 is 0 Å². The summed E-state index contributed by atoms with van der Waals surface area (Å²) in [5.41, 5.74) is 4.32. The number of aryl methyl sites for hydroxylation is 1. The number of anilines is 1. The van der Waals surface area contributed by atoms with Gasteiger partial charge in [0.25, 0.3) is 0 Å². The van der Waals surface area contributed by atoms with Crippen LogP contribution in [0.2, 0.25) is 0 Å². The highest BCUT2D eigenvalue weighted by atomic mass is 32.1. The quantitative estimate of drug-likeness (QED) is 0.486. The second kappa shape index (κ2) is 5.75. The molecule has 2 aromatic carbocycles. The maximum Gasteiger partial charge on any atom is 0.324 e. The summed E-state index contributed by atoms with van der Waals surface area (Å²) in [6, 6.07) is 12.1. The summed E-state index contributed by atoms with van der Waals surface area (Å²) in [4.78, 5) is 23.8. The standard InChI is InChI=1S/C19H16N4OS2/c1-10-13-6-4-3-5-12(13)9-23(10)19(24)22-18-21-15-8-7-14-16(17(15)26-18)25-11(2)20-14/h3-8,10H,9H2,1-2H3,(H,21,22,24). The van der Waals surface area contributed by atoms with Gasteiger partial charge in [-0.2, -0.15) is 0 Å². The largest absolute Gasteiger partial charge is 0.324 e. The Morgan fingerprint density at radius 2 is 1.85 bits per heavy atom. The second-order valence-electron chi connectivity index (χ2n) is 6.45. The van der Waals surface area contributed by atoms with Gasteiger partial charge >= 0.3 is 6.03 Å². The van der Waals surface area contributed by atoms with Crippen molar-refractivity contribution in [2.24, 2.45) is 0 Å². The molecule has 0 fully saturated rings. The van der Waals surface area contributed by atoms with Crippen molar-refractivity contribution in [3.63, 3.8) is 0 Å². The number of benzene rings is 2. The number of rotatable bonds is 1. The molecular weight excluding hydrogens is 364 g/mol. The number of hydrogen-bond acceptors (Lipinski definition) is 5. The van der Waals surface area contributed by atoms with E-state index in [-0.39, 0.29) is 12.1 Å². The van der Waals surface area contributed by atoms with Gasteiger partial charge in [-0.1, -0.05) is 35.6 Å². The molecule has 5 rings (SSSR count). The van der Waals surface area contributed by atoms with E-state index in [4.69, 9.17) is 0 Å². The van der Waals surface area contributed by atoms with E-state index in [2.05, 4.69) is 34.3 Å². The number of carbonyl (C=O) groups excluding carboxylic acids is 1. The van der Waals surface area contributed by atoms with E-state index in [0.29, 0.717) is 11.7 Å². The molecule has 2 amide bonds. The summed E-state index contributed by atoms with van der Waals surface area (Å²) in [5, 5.41) is 4.66. The van der Waals surface area contributed by atoms with Crippen LogP contribution in [0.4, 0.5) is 9.93 Å². The first-order valence-corrected chi connectivity index (χ1v) is 10.1. The molecule has 0 saturated carbocycles. The maximum atomic E-state index is 12.8. The molecule has 2 aromatic heterocycles. The van der Waals surface area contributed by atoms with Crippen molar-refractivity contribution in [3.05, 3.63) is 52.5 Å². The van der Waals surface area contributed by atoms with Crippen LogP contribution < -0.4 is 5.32 Å². The highest BCUT2D eigenvalue weighted by Gasteiger charge is 2.30. The Hall–Kier alpha value is -2.51. The summed E-state index contributed by atoms with van der Waals surface area (Å²) >= 11 is 3.18. The summed E-state index contributed by atoms with van der Waals surface area (Å²) in [7, 11) is 0. The van der Waals surface area contributed by atoms with Crippen molar-refractivity contribution < 1.29 is 4.79 Å². The predicted molar refractivity (Wildman–Crippen MR) is 107 cm³/mol. The smallest absolute Gasteiger partial charge is 0.313 e. The average Bonchev–Trinajstić information content (AvgIpc) is 3.29. The molecule has 4 aromatic rings. The van der Waals surface area contributed by atoms with Crippen LogP contribution in [0.5, 0.6) is 0 Å². The molecule has 5 nitrogen and oxygen atoms in total. The Morgan fingerprint density at radius 3 is 2.65 bits per heavy atom. The number of nitrogens with one attached hydrogen (secondary N) is 1. The molecule has 0 aliphatic carbocycles. The SMILES string of the molecule is Cc1nc2ccc3nc(NC(=O)N4Cc5ccccc5C4C)sc3c2s1. The molecule has 0 radical (unpaired) electrons. The minimum atomic E-state index is -0.107. The molecule has 26 heavy (non-hydrogen) atoms. The first-order chi connectivity index (χ1) is 12.6. The first kappa shape index (κ1) is 15.7. The lowest BCUT2D eigenvalue weighted by atomic mass is 10.1. The Labute approximate surface area is 158 Å². The third kappa shape index (κ3) is 2.39. The number of thiazole rings is 2. The van der Waals surface area contributed by atoms with Gasteiger partial charge in [-0.25, -0.2) is 14.8 Å². The van der Waals surface area contributed by atoms with E-state index in [9.17, 15) is 4.79 Å². The predicted octanol–water partition coefficient (Wildman–Crippen LogP) is 5.32. The van der Waals surface area contributed by atoms with Crippen LogP contribution in [0.3, 0.4) is 0 Å². The van der Waals surface area contributed by atoms with Crippen LogP contribution in [0.25, 0.3) is 20.4 Å². The van der Waals surface area contributed by atoms with Gasteiger partial charge in [0.15, 0.2) is 5.13 Å². The van der Waals surface area contributed by atoms with Gasteiger partial charge in [0, 0.05) is 6.54 Å². The van der Waals surface area contributed by atoms with Gasteiger partial charge in [-0.3, -0.25) is 5.32 Å². The molecular formula is C19H16N4OS2. The molecule has 1 N–H and O–H groups in total. The Morgan fingerprint density at radius 1 is 1.12 bits per heavy atom. The monoisotopic (exact) mass is 380 g/mol. The van der Waals surface area contributed by atoms with Gasteiger partial charge in [0.2, 0.25) is 0 Å². The summed E-state index contributed by atoms with van der Waals surface area (Å²) in [5.74, 6) is 0. The average molecular weight is 380 g/mol.